The molecule has 3 aromatic rings. The molecule has 39 heavy (non-hydrogen) atoms. The normalized spacial score (nSPS) is 19.7. The van der Waals surface area contributed by atoms with Gasteiger partial charge in [-0.15, -0.1) is 12.3 Å². The Hall–Kier alpha value is -3.70. The van der Waals surface area contributed by atoms with E-state index in [9.17, 15) is 0 Å². The van der Waals surface area contributed by atoms with E-state index in [2.05, 4.69) is 84.2 Å². The predicted octanol–water partition coefficient (Wildman–Crippen LogP) is 9.16. The van der Waals surface area contributed by atoms with Crippen LogP contribution in [0.25, 0.3) is 29.0 Å². The van der Waals surface area contributed by atoms with Gasteiger partial charge in [-0.05, 0) is 86.5 Å². The van der Waals surface area contributed by atoms with E-state index in [1.54, 1.807) is 0 Å². The minimum absolute atomic E-state index is 0.310. The molecule has 4 aliphatic carbocycles. The second kappa shape index (κ2) is 10.1. The molecular weight excluding hydrogens is 474 g/mol. The molecule has 2 atom stereocenters. The zero-order chi connectivity index (χ0) is 26.3. The molecule has 0 aliphatic heterocycles. The van der Waals surface area contributed by atoms with E-state index in [1.807, 2.05) is 0 Å². The SMILES string of the molecule is C#CCCCC(C)C1=CC(n2c3c(c4c2CCc2c-4oc4c2CCC=C4)C=CCC3)CC(c2ccccc2)=C1. The first kappa shape index (κ1) is 24.3. The van der Waals surface area contributed by atoms with Gasteiger partial charge in [-0.1, -0.05) is 67.6 Å². The highest BCUT2D eigenvalue weighted by atomic mass is 16.3. The molecule has 2 nitrogen and oxygen atoms in total. The van der Waals surface area contributed by atoms with Crippen molar-refractivity contribution >= 4 is 17.7 Å². The Morgan fingerprint density at radius 2 is 1.85 bits per heavy atom. The van der Waals surface area contributed by atoms with E-state index in [0.29, 0.717) is 12.0 Å². The minimum atomic E-state index is 0.310. The van der Waals surface area contributed by atoms with Gasteiger partial charge in [-0.25, -0.2) is 0 Å². The van der Waals surface area contributed by atoms with E-state index >= 15 is 0 Å². The van der Waals surface area contributed by atoms with Crippen LogP contribution >= 0.6 is 0 Å². The number of hydrogen-bond acceptors (Lipinski definition) is 1. The number of terminal acetylenes is 1. The fourth-order valence-corrected chi connectivity index (χ4v) is 7.34. The molecule has 4 aliphatic rings. The molecule has 0 N–H and O–H groups in total. The van der Waals surface area contributed by atoms with E-state index in [0.717, 1.165) is 75.7 Å². The van der Waals surface area contributed by atoms with Crippen LogP contribution in [-0.2, 0) is 25.7 Å². The highest BCUT2D eigenvalue weighted by Crippen LogP contribution is 2.48. The number of allylic oxidation sites excluding steroid dienone is 6. The molecule has 0 amide bonds. The predicted molar refractivity (Wildman–Crippen MR) is 162 cm³/mol. The molecule has 2 heterocycles. The number of aromatic nitrogens is 1. The van der Waals surface area contributed by atoms with Crippen LogP contribution in [0.4, 0.5) is 0 Å². The first-order valence-electron chi connectivity index (χ1n) is 14.9. The van der Waals surface area contributed by atoms with Gasteiger partial charge in [0.15, 0.2) is 0 Å². The molecule has 0 fully saturated rings. The van der Waals surface area contributed by atoms with Gasteiger partial charge in [0.1, 0.15) is 11.5 Å². The van der Waals surface area contributed by atoms with Crippen molar-refractivity contribution in [1.82, 2.24) is 4.57 Å². The van der Waals surface area contributed by atoms with Gasteiger partial charge in [0, 0.05) is 40.1 Å². The summed E-state index contributed by atoms with van der Waals surface area (Å²) in [6.07, 6.45) is 30.5. The van der Waals surface area contributed by atoms with Crippen molar-refractivity contribution in [2.24, 2.45) is 5.92 Å². The number of benzene rings is 1. The summed E-state index contributed by atoms with van der Waals surface area (Å²) in [5.74, 6) is 5.55. The van der Waals surface area contributed by atoms with Crippen molar-refractivity contribution in [2.75, 3.05) is 0 Å². The molecule has 0 saturated heterocycles. The summed E-state index contributed by atoms with van der Waals surface area (Å²) in [6, 6.07) is 11.3. The molecular formula is C37H37NO. The lowest BCUT2D eigenvalue weighted by Gasteiger charge is -2.30. The van der Waals surface area contributed by atoms with Crippen LogP contribution < -0.4 is 0 Å². The van der Waals surface area contributed by atoms with Crippen molar-refractivity contribution in [3.05, 3.63) is 99.6 Å². The Labute approximate surface area is 232 Å². The summed E-state index contributed by atoms with van der Waals surface area (Å²) in [4.78, 5) is 0. The third-order valence-electron chi connectivity index (χ3n) is 9.26. The third kappa shape index (κ3) is 4.20. The first-order chi connectivity index (χ1) is 19.2. The van der Waals surface area contributed by atoms with Gasteiger partial charge in [-0.3, -0.25) is 0 Å². The minimum Gasteiger partial charge on any atom is -0.456 e. The smallest absolute Gasteiger partial charge is 0.140 e. The van der Waals surface area contributed by atoms with E-state index in [1.165, 1.54) is 50.4 Å². The Morgan fingerprint density at radius 3 is 2.72 bits per heavy atom. The zero-order valence-corrected chi connectivity index (χ0v) is 23.0. The molecule has 2 heteroatoms. The van der Waals surface area contributed by atoms with Crippen LogP contribution in [0.15, 0.2) is 64.6 Å². The summed E-state index contributed by atoms with van der Waals surface area (Å²) in [5, 5.41) is 0. The molecule has 2 aromatic heterocycles. The van der Waals surface area contributed by atoms with E-state index in [4.69, 9.17) is 10.8 Å². The van der Waals surface area contributed by atoms with Gasteiger partial charge in [0.2, 0.25) is 0 Å². The second-order valence-electron chi connectivity index (χ2n) is 11.7. The number of fused-ring (bicyclic) bond motifs is 7. The van der Waals surface area contributed by atoms with Gasteiger partial charge in [0.25, 0.3) is 0 Å². The summed E-state index contributed by atoms with van der Waals surface area (Å²) >= 11 is 0. The lowest BCUT2D eigenvalue weighted by Crippen LogP contribution is -2.19. The van der Waals surface area contributed by atoms with Crippen molar-refractivity contribution in [3.63, 3.8) is 0 Å². The topological polar surface area (TPSA) is 18.1 Å². The summed E-state index contributed by atoms with van der Waals surface area (Å²) in [5.41, 5.74) is 12.9. The fraction of sp³-hybridized carbons (Fsp3) is 0.351. The van der Waals surface area contributed by atoms with Crippen LogP contribution in [0.3, 0.4) is 0 Å². The lowest BCUT2D eigenvalue weighted by atomic mass is 9.84. The summed E-state index contributed by atoms with van der Waals surface area (Å²) < 4.78 is 9.38. The average molecular weight is 512 g/mol. The molecule has 0 spiro atoms. The summed E-state index contributed by atoms with van der Waals surface area (Å²) in [7, 11) is 0. The Bertz CT molecular complexity index is 1580. The maximum absolute atomic E-state index is 6.65. The van der Waals surface area contributed by atoms with Crippen molar-refractivity contribution in [1.29, 1.82) is 0 Å². The Balaban J connectivity index is 1.36. The van der Waals surface area contributed by atoms with Crippen LogP contribution in [0, 0.1) is 18.3 Å². The molecule has 0 radical (unpaired) electrons. The van der Waals surface area contributed by atoms with Crippen molar-refractivity contribution in [3.8, 4) is 23.7 Å². The van der Waals surface area contributed by atoms with E-state index < -0.39 is 0 Å². The first-order valence-corrected chi connectivity index (χ1v) is 14.9. The average Bonchev–Trinajstić information content (AvgIpc) is 3.53. The lowest BCUT2D eigenvalue weighted by molar-refractivity contribution is 0.532. The standard InChI is InChI=1S/C37H37NO/c1-3-4-6-13-25(2)27-22-28(26-14-7-5-8-15-26)24-29(23-27)38-33-18-11-9-17-32(33)36-34(38)21-20-31-30-16-10-12-19-35(30)39-37(31)36/h1,5,7-9,12,14-15,17,19,22-23,25,29H,4,6,10-11,13,16,18,20-21,24H2,2H3. The maximum Gasteiger partial charge on any atom is 0.140 e. The fourth-order valence-electron chi connectivity index (χ4n) is 7.34. The molecule has 196 valence electrons. The van der Waals surface area contributed by atoms with Gasteiger partial charge >= 0.3 is 0 Å². The van der Waals surface area contributed by atoms with E-state index in [-0.39, 0.29) is 0 Å². The highest BCUT2D eigenvalue weighted by Gasteiger charge is 2.35. The highest BCUT2D eigenvalue weighted by molar-refractivity contribution is 5.83. The van der Waals surface area contributed by atoms with Crippen LogP contribution in [0.1, 0.15) is 90.9 Å². The van der Waals surface area contributed by atoms with Crippen LogP contribution in [0.2, 0.25) is 0 Å². The Morgan fingerprint density at radius 1 is 1.00 bits per heavy atom. The number of furan rings is 1. The third-order valence-corrected chi connectivity index (χ3v) is 9.26. The van der Waals surface area contributed by atoms with Crippen LogP contribution in [-0.4, -0.2) is 4.57 Å². The number of hydrogen-bond donors (Lipinski definition) is 0. The summed E-state index contributed by atoms with van der Waals surface area (Å²) in [6.45, 7) is 2.38. The Kier molecular flexibility index (Phi) is 6.32. The van der Waals surface area contributed by atoms with Gasteiger partial charge in [-0.2, -0.15) is 0 Å². The van der Waals surface area contributed by atoms with Crippen LogP contribution in [0.5, 0.6) is 0 Å². The molecule has 0 saturated carbocycles. The number of rotatable bonds is 6. The van der Waals surface area contributed by atoms with Gasteiger partial charge in [0.05, 0.1) is 6.04 Å². The largest absolute Gasteiger partial charge is 0.456 e. The van der Waals surface area contributed by atoms with Crippen molar-refractivity contribution < 1.29 is 4.42 Å². The number of unbranched alkanes of at least 4 members (excludes halogenated alkanes) is 1. The van der Waals surface area contributed by atoms with Crippen molar-refractivity contribution in [2.45, 2.75) is 77.2 Å². The zero-order valence-electron chi connectivity index (χ0n) is 23.0. The quantitative estimate of drug-likeness (QED) is 0.238. The molecule has 0 bridgehead atoms. The molecule has 1 aromatic carbocycles. The molecule has 7 rings (SSSR count). The van der Waals surface area contributed by atoms with Gasteiger partial charge < -0.3 is 8.98 Å². The number of nitrogens with zero attached hydrogens (tertiary/aromatic N) is 1. The molecule has 2 unspecified atom stereocenters. The maximum atomic E-state index is 6.65. The monoisotopic (exact) mass is 511 g/mol. The second-order valence-corrected chi connectivity index (χ2v) is 11.7.